The van der Waals surface area contributed by atoms with Gasteiger partial charge in [0.15, 0.2) is 5.71 Å². The van der Waals surface area contributed by atoms with Crippen LogP contribution in [0.2, 0.25) is 0 Å². The second-order valence-corrected chi connectivity index (χ2v) is 13.4. The van der Waals surface area contributed by atoms with E-state index in [0.29, 0.717) is 0 Å². The fourth-order valence-electron chi connectivity index (χ4n) is 7.80. The minimum atomic E-state index is -0.0927. The van der Waals surface area contributed by atoms with Gasteiger partial charge in [0.2, 0.25) is 5.69 Å². The van der Waals surface area contributed by atoms with Crippen molar-refractivity contribution in [1.29, 1.82) is 0 Å². The van der Waals surface area contributed by atoms with Crippen LogP contribution in [0.25, 0.3) is 11.1 Å². The molecule has 0 aromatic heterocycles. The molecule has 0 bridgehead atoms. The maximum atomic E-state index is 3.86. The fourth-order valence-corrected chi connectivity index (χ4v) is 7.80. The van der Waals surface area contributed by atoms with Crippen molar-refractivity contribution in [2.45, 2.75) is 52.4 Å². The van der Waals surface area contributed by atoms with Crippen molar-refractivity contribution in [2.24, 2.45) is 0 Å². The summed E-state index contributed by atoms with van der Waals surface area (Å²) in [5.41, 5.74) is 15.0. The van der Waals surface area contributed by atoms with E-state index in [4.69, 9.17) is 0 Å². The molecule has 1 N–H and O–H groups in total. The van der Waals surface area contributed by atoms with E-state index < -0.39 is 0 Å². The van der Waals surface area contributed by atoms with Gasteiger partial charge in [-0.15, -0.1) is 0 Å². The monoisotopic (exact) mass is 602 g/mol. The normalized spacial score (nSPS) is 19.4. The van der Waals surface area contributed by atoms with Gasteiger partial charge in [-0.25, -0.2) is 0 Å². The molecule has 0 radical (unpaired) electrons. The SMILES string of the molecule is CCN1/C(=C/C=C2C(Nc3ccccc3)=C(/C=C/C3=[N+](CC)c4ccccc4C3(C)C)c3ccccc3/2)C(C)(C)c2ccccc21. The summed E-state index contributed by atoms with van der Waals surface area (Å²) < 4.78 is 2.47. The highest BCUT2D eigenvalue weighted by atomic mass is 15.2. The first-order valence-corrected chi connectivity index (χ1v) is 16.7. The number of fused-ring (bicyclic) bond motifs is 3. The zero-order chi connectivity index (χ0) is 32.1. The van der Waals surface area contributed by atoms with Gasteiger partial charge in [-0.05, 0) is 74.7 Å². The van der Waals surface area contributed by atoms with Crippen molar-refractivity contribution in [2.75, 3.05) is 23.3 Å². The van der Waals surface area contributed by atoms with Crippen molar-refractivity contribution in [3.63, 3.8) is 0 Å². The smallest absolute Gasteiger partial charge is 0.209 e. The van der Waals surface area contributed by atoms with E-state index in [1.54, 1.807) is 0 Å². The standard InChI is InChI=1S/C43H43N3/c1-7-45-37-24-16-14-22-35(37)42(3,4)39(45)28-26-33-31-20-12-13-21-32(31)34(41(33)44-30-18-10-9-11-19-30)27-29-40-43(5,6)36-23-15-17-25-38(36)46(40)8-2/h9-29H,7-8H2,1-6H3/p+1/b33-26+,39-28+. The molecule has 0 amide bonds. The van der Waals surface area contributed by atoms with Gasteiger partial charge in [-0.3, -0.25) is 0 Å². The third-order valence-corrected chi connectivity index (χ3v) is 10.1. The Morgan fingerprint density at radius 3 is 2.07 bits per heavy atom. The first-order valence-electron chi connectivity index (χ1n) is 16.7. The number of likely N-dealkylation sites (N-methyl/N-ethyl adjacent to an activating group) is 1. The summed E-state index contributed by atoms with van der Waals surface area (Å²) >= 11 is 0. The lowest BCUT2D eigenvalue weighted by Crippen LogP contribution is -2.27. The molecule has 0 fully saturated rings. The van der Waals surface area contributed by atoms with Crippen LogP contribution in [0.5, 0.6) is 0 Å². The second-order valence-electron chi connectivity index (χ2n) is 13.4. The molecular weight excluding hydrogens is 558 g/mol. The number of para-hydroxylation sites is 3. The van der Waals surface area contributed by atoms with Crippen LogP contribution in [0.3, 0.4) is 0 Å². The molecule has 230 valence electrons. The van der Waals surface area contributed by atoms with Gasteiger partial charge in [0, 0.05) is 57.9 Å². The average molecular weight is 603 g/mol. The van der Waals surface area contributed by atoms with Gasteiger partial charge in [0.1, 0.15) is 6.54 Å². The van der Waals surface area contributed by atoms with E-state index >= 15 is 0 Å². The Morgan fingerprint density at radius 1 is 0.674 bits per heavy atom. The Balaban J connectivity index is 1.40. The molecule has 3 nitrogen and oxygen atoms in total. The Hall–Kier alpha value is -4.89. The number of nitrogens with zero attached hydrogens (tertiary/aromatic N) is 2. The summed E-state index contributed by atoms with van der Waals surface area (Å²) in [6.07, 6.45) is 9.41. The molecule has 0 unspecified atom stereocenters. The van der Waals surface area contributed by atoms with Crippen molar-refractivity contribution >= 4 is 33.9 Å². The second kappa shape index (κ2) is 11.5. The van der Waals surface area contributed by atoms with E-state index in [1.165, 1.54) is 56.2 Å². The summed E-state index contributed by atoms with van der Waals surface area (Å²) in [7, 11) is 0. The zero-order valence-electron chi connectivity index (χ0n) is 27.9. The van der Waals surface area contributed by atoms with Gasteiger partial charge in [0.05, 0.1) is 11.1 Å². The number of anilines is 2. The Morgan fingerprint density at radius 2 is 1.33 bits per heavy atom. The highest BCUT2D eigenvalue weighted by Gasteiger charge is 2.44. The lowest BCUT2D eigenvalue weighted by Gasteiger charge is -2.26. The van der Waals surface area contributed by atoms with Crippen LogP contribution in [0, 0.1) is 0 Å². The summed E-state index contributed by atoms with van der Waals surface area (Å²) in [6, 6.07) is 37.1. The fraction of sp³-hybridized carbons (Fsp3) is 0.233. The number of allylic oxidation sites excluding steroid dienone is 7. The molecule has 2 heterocycles. The van der Waals surface area contributed by atoms with Gasteiger partial charge >= 0.3 is 0 Å². The van der Waals surface area contributed by atoms with Crippen LogP contribution in [-0.4, -0.2) is 23.4 Å². The Kier molecular flexibility index (Phi) is 7.44. The molecule has 0 atom stereocenters. The third-order valence-electron chi connectivity index (χ3n) is 10.1. The van der Waals surface area contributed by atoms with E-state index in [1.807, 2.05) is 0 Å². The maximum absolute atomic E-state index is 3.86. The molecule has 2 aliphatic heterocycles. The predicted molar refractivity (Wildman–Crippen MR) is 196 cm³/mol. The summed E-state index contributed by atoms with van der Waals surface area (Å²) in [6.45, 7) is 15.7. The van der Waals surface area contributed by atoms with Crippen LogP contribution in [-0.2, 0) is 10.8 Å². The molecule has 4 aromatic carbocycles. The first-order chi connectivity index (χ1) is 22.3. The third kappa shape index (κ3) is 4.69. The molecule has 46 heavy (non-hydrogen) atoms. The molecular formula is C43H44N3+. The van der Waals surface area contributed by atoms with Crippen molar-refractivity contribution in [1.82, 2.24) is 0 Å². The average Bonchev–Trinajstić information content (AvgIpc) is 3.58. The summed E-state index contributed by atoms with van der Waals surface area (Å²) in [4.78, 5) is 2.47. The van der Waals surface area contributed by atoms with Gasteiger partial charge in [0.25, 0.3) is 0 Å². The minimum absolute atomic E-state index is 0.0927. The quantitative estimate of drug-likeness (QED) is 0.212. The Labute approximate surface area is 274 Å². The first kappa shape index (κ1) is 29.8. The van der Waals surface area contributed by atoms with Crippen molar-refractivity contribution < 1.29 is 4.58 Å². The van der Waals surface area contributed by atoms with Gasteiger partial charge in [-0.1, -0.05) is 98.8 Å². The van der Waals surface area contributed by atoms with Crippen LogP contribution in [0.15, 0.2) is 139 Å². The van der Waals surface area contributed by atoms with E-state index in [-0.39, 0.29) is 10.8 Å². The zero-order valence-corrected chi connectivity index (χ0v) is 27.9. The van der Waals surface area contributed by atoms with E-state index in [2.05, 4.69) is 184 Å². The number of benzene rings is 4. The lowest BCUT2D eigenvalue weighted by molar-refractivity contribution is -0.433. The van der Waals surface area contributed by atoms with Crippen LogP contribution >= 0.6 is 0 Å². The Bertz CT molecular complexity index is 1980. The molecule has 3 heteroatoms. The van der Waals surface area contributed by atoms with Crippen molar-refractivity contribution in [3.05, 3.63) is 161 Å². The van der Waals surface area contributed by atoms with E-state index in [9.17, 15) is 0 Å². The van der Waals surface area contributed by atoms with Crippen molar-refractivity contribution in [3.8, 4) is 0 Å². The molecule has 4 aromatic rings. The van der Waals surface area contributed by atoms with Crippen LogP contribution in [0.4, 0.5) is 17.1 Å². The van der Waals surface area contributed by atoms with E-state index in [0.717, 1.165) is 24.5 Å². The molecule has 7 rings (SSSR count). The minimum Gasteiger partial charge on any atom is -0.355 e. The highest BCUT2D eigenvalue weighted by Crippen LogP contribution is 2.49. The van der Waals surface area contributed by atoms with Gasteiger partial charge < -0.3 is 10.2 Å². The lowest BCUT2D eigenvalue weighted by atomic mass is 9.81. The number of hydrogen-bond acceptors (Lipinski definition) is 2. The molecule has 0 saturated heterocycles. The predicted octanol–water partition coefficient (Wildman–Crippen LogP) is 10.3. The number of hydrogen-bond donors (Lipinski definition) is 1. The summed E-state index contributed by atoms with van der Waals surface area (Å²) in [5, 5.41) is 3.86. The molecule has 1 aliphatic carbocycles. The number of nitrogens with one attached hydrogen (secondary N) is 1. The van der Waals surface area contributed by atoms with Crippen LogP contribution in [0.1, 0.15) is 63.8 Å². The molecule has 0 spiro atoms. The maximum Gasteiger partial charge on any atom is 0.209 e. The van der Waals surface area contributed by atoms with Crippen LogP contribution < -0.4 is 10.2 Å². The summed E-state index contributed by atoms with van der Waals surface area (Å²) in [5.74, 6) is 0. The number of rotatable bonds is 7. The molecule has 0 saturated carbocycles. The van der Waals surface area contributed by atoms with Gasteiger partial charge in [-0.2, -0.15) is 4.58 Å². The largest absolute Gasteiger partial charge is 0.355 e. The topological polar surface area (TPSA) is 18.3 Å². The molecule has 3 aliphatic rings. The highest BCUT2D eigenvalue weighted by molar-refractivity contribution is 6.09.